The van der Waals surface area contributed by atoms with E-state index in [0.29, 0.717) is 0 Å². The molecule has 0 spiro atoms. The molecule has 0 radical (unpaired) electrons. The zero-order valence-electron chi connectivity index (χ0n) is 4.55. The van der Waals surface area contributed by atoms with Gasteiger partial charge in [-0.2, -0.15) is 0 Å². The normalized spacial score (nSPS) is 25.1. The number of hydrogen-bond acceptors (Lipinski definition) is 2. The topological polar surface area (TPSA) is 49.3 Å². The third-order valence-corrected chi connectivity index (χ3v) is 1.36. The van der Waals surface area contributed by atoms with Crippen molar-refractivity contribution in [1.29, 1.82) is 0 Å². The summed E-state index contributed by atoms with van der Waals surface area (Å²) in [5.41, 5.74) is 0. The molecule has 4 heteroatoms. The van der Waals surface area contributed by atoms with E-state index in [0.717, 1.165) is 19.4 Å². The molecular formula is C5H10NNaO2. The molecule has 0 aromatic heterocycles. The molecule has 0 bridgehead atoms. The van der Waals surface area contributed by atoms with Crippen molar-refractivity contribution >= 4 is 35.5 Å². The minimum atomic E-state index is -0.720. The molecule has 1 fully saturated rings. The quantitative estimate of drug-likeness (QED) is 0.466. The minimum absolute atomic E-state index is 0. The van der Waals surface area contributed by atoms with Crippen molar-refractivity contribution in [2.24, 2.45) is 0 Å². The number of rotatable bonds is 1. The average Bonchev–Trinajstić information content (AvgIpc) is 2.12. The van der Waals surface area contributed by atoms with Crippen molar-refractivity contribution in [3.63, 3.8) is 0 Å². The van der Waals surface area contributed by atoms with E-state index in [-0.39, 0.29) is 35.6 Å². The van der Waals surface area contributed by atoms with Crippen molar-refractivity contribution in [2.75, 3.05) is 6.54 Å². The first-order chi connectivity index (χ1) is 3.80. The third kappa shape index (κ3) is 2.67. The molecule has 2 N–H and O–H groups in total. The maximum absolute atomic E-state index is 10.1. The van der Waals surface area contributed by atoms with Gasteiger partial charge in [-0.15, -0.1) is 0 Å². The summed E-state index contributed by atoms with van der Waals surface area (Å²) in [4.78, 5) is 10.1. The van der Waals surface area contributed by atoms with Gasteiger partial charge in [-0.05, 0) is 19.4 Å². The Bertz CT molecular complexity index is 101. The summed E-state index contributed by atoms with van der Waals surface area (Å²) in [5.74, 6) is -0.720. The predicted octanol–water partition coefficient (Wildman–Crippen LogP) is -0.826. The molecule has 1 unspecified atom stereocenters. The fourth-order valence-corrected chi connectivity index (χ4v) is 0.895. The molecule has 48 valence electrons. The van der Waals surface area contributed by atoms with Crippen LogP contribution < -0.4 is 5.32 Å². The molecule has 1 aliphatic rings. The molecule has 1 aliphatic heterocycles. The van der Waals surface area contributed by atoms with E-state index in [9.17, 15) is 4.79 Å². The van der Waals surface area contributed by atoms with Gasteiger partial charge in [-0.3, -0.25) is 4.79 Å². The summed E-state index contributed by atoms with van der Waals surface area (Å²) in [6, 6.07) is -0.269. The summed E-state index contributed by atoms with van der Waals surface area (Å²) in [6.07, 6.45) is 1.78. The van der Waals surface area contributed by atoms with Gasteiger partial charge in [0.05, 0.1) is 0 Å². The Morgan fingerprint density at radius 2 is 2.33 bits per heavy atom. The SMILES string of the molecule is O=C(O)C1CCCN1.[NaH]. The molecule has 0 aromatic carbocycles. The van der Waals surface area contributed by atoms with Gasteiger partial charge in [-0.25, -0.2) is 0 Å². The van der Waals surface area contributed by atoms with Crippen molar-refractivity contribution < 1.29 is 9.90 Å². The van der Waals surface area contributed by atoms with Gasteiger partial charge in [-0.1, -0.05) is 0 Å². The van der Waals surface area contributed by atoms with Crippen LogP contribution in [0.1, 0.15) is 12.8 Å². The molecule has 9 heavy (non-hydrogen) atoms. The fourth-order valence-electron chi connectivity index (χ4n) is 0.895. The second-order valence-electron chi connectivity index (χ2n) is 1.99. The van der Waals surface area contributed by atoms with Crippen LogP contribution in [0, 0.1) is 0 Å². The van der Waals surface area contributed by atoms with Crippen LogP contribution in [0.3, 0.4) is 0 Å². The van der Waals surface area contributed by atoms with Crippen LogP contribution in [0.4, 0.5) is 0 Å². The number of carboxylic acid groups (broad SMARTS) is 1. The van der Waals surface area contributed by atoms with E-state index in [4.69, 9.17) is 5.11 Å². The van der Waals surface area contributed by atoms with Gasteiger partial charge in [0.25, 0.3) is 0 Å². The van der Waals surface area contributed by atoms with Crippen LogP contribution in [-0.2, 0) is 4.79 Å². The third-order valence-electron chi connectivity index (χ3n) is 1.36. The zero-order valence-corrected chi connectivity index (χ0v) is 4.55. The van der Waals surface area contributed by atoms with Gasteiger partial charge < -0.3 is 10.4 Å². The molecule has 1 saturated heterocycles. The molecule has 0 saturated carbocycles. The van der Waals surface area contributed by atoms with Crippen molar-refractivity contribution in [3.8, 4) is 0 Å². The van der Waals surface area contributed by atoms with Crippen LogP contribution in [0.25, 0.3) is 0 Å². The first kappa shape index (κ1) is 9.43. The fraction of sp³-hybridized carbons (Fsp3) is 0.800. The van der Waals surface area contributed by atoms with Crippen LogP contribution in [0.15, 0.2) is 0 Å². The molecule has 1 heterocycles. The maximum atomic E-state index is 10.1. The van der Waals surface area contributed by atoms with Gasteiger partial charge in [0.2, 0.25) is 0 Å². The van der Waals surface area contributed by atoms with Gasteiger partial charge in [0.1, 0.15) is 6.04 Å². The van der Waals surface area contributed by atoms with E-state index in [1.165, 1.54) is 0 Å². The summed E-state index contributed by atoms with van der Waals surface area (Å²) >= 11 is 0. The Labute approximate surface area is 76.1 Å². The molecule has 0 aliphatic carbocycles. The van der Waals surface area contributed by atoms with E-state index in [1.54, 1.807) is 0 Å². The van der Waals surface area contributed by atoms with Gasteiger partial charge >= 0.3 is 35.5 Å². The Morgan fingerprint density at radius 3 is 2.56 bits per heavy atom. The van der Waals surface area contributed by atoms with E-state index >= 15 is 0 Å². The van der Waals surface area contributed by atoms with E-state index in [2.05, 4.69) is 5.32 Å². The molecule has 0 amide bonds. The number of carboxylic acids is 1. The summed E-state index contributed by atoms with van der Waals surface area (Å²) in [6.45, 7) is 0.858. The second-order valence-corrected chi connectivity index (χ2v) is 1.99. The number of carbonyl (C=O) groups is 1. The van der Waals surface area contributed by atoms with Crippen molar-refractivity contribution in [1.82, 2.24) is 5.32 Å². The standard InChI is InChI=1S/C5H9NO2.Na.H/c7-5(8)4-2-1-3-6-4;;/h4,6H,1-3H2,(H,7,8);;. The monoisotopic (exact) mass is 139 g/mol. The van der Waals surface area contributed by atoms with Crippen molar-refractivity contribution in [2.45, 2.75) is 18.9 Å². The van der Waals surface area contributed by atoms with E-state index in [1.807, 2.05) is 0 Å². The molecule has 3 nitrogen and oxygen atoms in total. The summed E-state index contributed by atoms with van der Waals surface area (Å²) in [5, 5.41) is 11.2. The number of nitrogens with one attached hydrogen (secondary N) is 1. The molecular weight excluding hydrogens is 129 g/mol. The van der Waals surface area contributed by atoms with Gasteiger partial charge in [0, 0.05) is 0 Å². The summed E-state index contributed by atoms with van der Waals surface area (Å²) < 4.78 is 0. The van der Waals surface area contributed by atoms with Crippen LogP contribution in [-0.4, -0.2) is 53.2 Å². The van der Waals surface area contributed by atoms with Gasteiger partial charge in [0.15, 0.2) is 0 Å². The first-order valence-corrected chi connectivity index (χ1v) is 2.77. The second kappa shape index (κ2) is 4.28. The first-order valence-electron chi connectivity index (χ1n) is 2.77. The Balaban J connectivity index is 0.000000640. The van der Waals surface area contributed by atoms with Crippen LogP contribution >= 0.6 is 0 Å². The Hall–Kier alpha value is 0.430. The van der Waals surface area contributed by atoms with E-state index < -0.39 is 5.97 Å². The van der Waals surface area contributed by atoms with Crippen molar-refractivity contribution in [3.05, 3.63) is 0 Å². The van der Waals surface area contributed by atoms with Crippen LogP contribution in [0.5, 0.6) is 0 Å². The Morgan fingerprint density at radius 1 is 1.67 bits per heavy atom. The summed E-state index contributed by atoms with van der Waals surface area (Å²) in [7, 11) is 0. The Kier molecular flexibility index (Phi) is 4.48. The molecule has 1 atom stereocenters. The molecule has 1 rings (SSSR count). The number of aliphatic carboxylic acids is 1. The predicted molar refractivity (Wildman–Crippen MR) is 35.8 cm³/mol. The average molecular weight is 139 g/mol. The number of hydrogen-bond donors (Lipinski definition) is 2. The zero-order chi connectivity index (χ0) is 5.98. The van der Waals surface area contributed by atoms with Crippen LogP contribution in [0.2, 0.25) is 0 Å². The molecule has 0 aromatic rings.